The number of benzene rings is 2. The number of rotatable bonds is 7. The molecule has 0 fully saturated rings. The van der Waals surface area contributed by atoms with Gasteiger partial charge in [0.25, 0.3) is 0 Å². The summed E-state index contributed by atoms with van der Waals surface area (Å²) in [6.07, 6.45) is 0.795. The molecule has 0 aromatic heterocycles. The number of anilines is 1. The summed E-state index contributed by atoms with van der Waals surface area (Å²) < 4.78 is 6.03. The van der Waals surface area contributed by atoms with Gasteiger partial charge in [0.1, 0.15) is 12.3 Å². The number of nitrogens with zero attached hydrogens (tertiary/aromatic N) is 1. The molecule has 0 saturated carbocycles. The zero-order valence-corrected chi connectivity index (χ0v) is 16.5. The van der Waals surface area contributed by atoms with Crippen LogP contribution in [0.15, 0.2) is 51.9 Å². The third-order valence-corrected chi connectivity index (χ3v) is 4.24. The molecule has 0 saturated heterocycles. The van der Waals surface area contributed by atoms with Crippen LogP contribution in [0.2, 0.25) is 0 Å². The van der Waals surface area contributed by atoms with E-state index in [0.29, 0.717) is 6.54 Å². The summed E-state index contributed by atoms with van der Waals surface area (Å²) >= 11 is 3.39. The summed E-state index contributed by atoms with van der Waals surface area (Å²) in [4.78, 5) is 16.1. The van der Waals surface area contributed by atoms with Crippen LogP contribution in [0.4, 0.5) is 5.69 Å². The molecule has 0 spiro atoms. The Bertz CT molecular complexity index is 776. The second kappa shape index (κ2) is 9.82. The second-order valence-electron chi connectivity index (χ2n) is 5.73. The molecule has 0 radical (unpaired) electrons. The molecule has 0 unspecified atom stereocenters. The van der Waals surface area contributed by atoms with E-state index < -0.39 is 0 Å². The summed E-state index contributed by atoms with van der Waals surface area (Å²) in [6, 6.07) is 13.5. The van der Waals surface area contributed by atoms with E-state index in [4.69, 9.17) is 10.5 Å². The van der Waals surface area contributed by atoms with Crippen molar-refractivity contribution in [1.29, 1.82) is 0 Å². The molecule has 6 nitrogen and oxygen atoms in total. The van der Waals surface area contributed by atoms with Crippen molar-refractivity contribution in [2.45, 2.75) is 13.3 Å². The van der Waals surface area contributed by atoms with E-state index in [-0.39, 0.29) is 18.4 Å². The molecule has 1 amide bonds. The van der Waals surface area contributed by atoms with Crippen LogP contribution >= 0.6 is 15.9 Å². The van der Waals surface area contributed by atoms with Crippen molar-refractivity contribution < 1.29 is 9.53 Å². The number of aryl methyl sites for hydroxylation is 1. The lowest BCUT2D eigenvalue weighted by molar-refractivity contribution is -0.114. The second-order valence-corrected chi connectivity index (χ2v) is 6.65. The smallest absolute Gasteiger partial charge is 0.246 e. The van der Waals surface area contributed by atoms with Gasteiger partial charge >= 0.3 is 0 Å². The van der Waals surface area contributed by atoms with E-state index in [9.17, 15) is 4.79 Å². The lowest BCUT2D eigenvalue weighted by Crippen LogP contribution is -2.34. The molecule has 0 aliphatic rings. The number of hydrogen-bond acceptors (Lipinski definition) is 3. The van der Waals surface area contributed by atoms with Crippen molar-refractivity contribution in [3.05, 3.63) is 58.1 Å². The fourth-order valence-corrected chi connectivity index (χ4v) is 2.62. The molecule has 2 aromatic rings. The molecule has 138 valence electrons. The first kappa shape index (κ1) is 19.8. The standard InChI is InChI=1S/C19H23BrN4O2/c1-13-3-6-15(20)11-17(13)24-18(25)12-23-19(21)22-10-9-14-4-7-16(26-2)8-5-14/h3-8,11H,9-10,12H2,1-2H3,(H,24,25)(H3,21,22,23). The van der Waals surface area contributed by atoms with E-state index in [0.717, 1.165) is 33.5 Å². The Morgan fingerprint density at radius 1 is 1.23 bits per heavy atom. The van der Waals surface area contributed by atoms with Crippen molar-refractivity contribution in [3.8, 4) is 5.75 Å². The van der Waals surface area contributed by atoms with Gasteiger partial charge in [0.05, 0.1) is 7.11 Å². The quantitative estimate of drug-likeness (QED) is 0.476. The number of nitrogens with two attached hydrogens (primary N) is 1. The van der Waals surface area contributed by atoms with Crippen LogP contribution in [0.25, 0.3) is 0 Å². The molecule has 2 aromatic carbocycles. The maximum atomic E-state index is 12.0. The number of nitrogens with one attached hydrogen (secondary N) is 2. The average Bonchev–Trinajstić information content (AvgIpc) is 2.63. The van der Waals surface area contributed by atoms with E-state index >= 15 is 0 Å². The van der Waals surface area contributed by atoms with Gasteiger partial charge in [-0.25, -0.2) is 4.99 Å². The number of amides is 1. The van der Waals surface area contributed by atoms with Crippen molar-refractivity contribution in [2.24, 2.45) is 10.7 Å². The van der Waals surface area contributed by atoms with E-state index in [1.54, 1.807) is 7.11 Å². The number of carbonyl (C=O) groups excluding carboxylic acids is 1. The van der Waals surface area contributed by atoms with Gasteiger partial charge < -0.3 is 21.1 Å². The molecule has 4 N–H and O–H groups in total. The van der Waals surface area contributed by atoms with Gasteiger partial charge in [0.15, 0.2) is 5.96 Å². The van der Waals surface area contributed by atoms with Gasteiger partial charge in [-0.2, -0.15) is 0 Å². The van der Waals surface area contributed by atoms with Crippen LogP contribution in [0, 0.1) is 6.92 Å². The Morgan fingerprint density at radius 2 is 1.96 bits per heavy atom. The third-order valence-electron chi connectivity index (χ3n) is 3.75. The third kappa shape index (κ3) is 6.40. The Morgan fingerprint density at radius 3 is 2.65 bits per heavy atom. The summed E-state index contributed by atoms with van der Waals surface area (Å²) in [7, 11) is 1.64. The molecule has 7 heteroatoms. The largest absolute Gasteiger partial charge is 0.497 e. The number of methoxy groups -OCH3 is 1. The minimum Gasteiger partial charge on any atom is -0.497 e. The highest BCUT2D eigenvalue weighted by atomic mass is 79.9. The highest BCUT2D eigenvalue weighted by molar-refractivity contribution is 9.10. The number of halogens is 1. The average molecular weight is 419 g/mol. The maximum absolute atomic E-state index is 12.0. The van der Waals surface area contributed by atoms with E-state index in [1.807, 2.05) is 49.4 Å². The number of carbonyl (C=O) groups is 1. The molecule has 0 aliphatic heterocycles. The minimum atomic E-state index is -0.217. The molecule has 2 rings (SSSR count). The molecule has 0 heterocycles. The Labute approximate surface area is 162 Å². The first-order valence-electron chi connectivity index (χ1n) is 8.20. The Hall–Kier alpha value is -2.54. The normalized spacial score (nSPS) is 11.1. The molecular formula is C19H23BrN4O2. The first-order valence-corrected chi connectivity index (χ1v) is 9.00. The molecule has 0 aliphatic carbocycles. The number of ether oxygens (including phenoxy) is 1. The number of hydrogen-bond donors (Lipinski definition) is 3. The molecular weight excluding hydrogens is 396 g/mol. The van der Waals surface area contributed by atoms with Crippen molar-refractivity contribution in [1.82, 2.24) is 5.32 Å². The number of guanidine groups is 1. The Balaban J connectivity index is 1.76. The Kier molecular flexibility index (Phi) is 7.47. The summed E-state index contributed by atoms with van der Waals surface area (Å²) in [6.45, 7) is 2.53. The summed E-state index contributed by atoms with van der Waals surface area (Å²) in [5.41, 5.74) is 8.71. The van der Waals surface area contributed by atoms with Gasteiger partial charge in [-0.15, -0.1) is 0 Å². The van der Waals surface area contributed by atoms with Crippen LogP contribution in [0.1, 0.15) is 11.1 Å². The highest BCUT2D eigenvalue weighted by Gasteiger charge is 2.05. The van der Waals surface area contributed by atoms with Gasteiger partial charge in [-0.05, 0) is 48.7 Å². The summed E-state index contributed by atoms with van der Waals surface area (Å²) in [5.74, 6) is 0.861. The van der Waals surface area contributed by atoms with Gasteiger partial charge in [0.2, 0.25) is 5.91 Å². The predicted molar refractivity (Wildman–Crippen MR) is 109 cm³/mol. The zero-order chi connectivity index (χ0) is 18.9. The lowest BCUT2D eigenvalue weighted by Gasteiger charge is -2.09. The fraction of sp³-hybridized carbons (Fsp3) is 0.263. The van der Waals surface area contributed by atoms with Crippen LogP contribution in [-0.4, -0.2) is 32.1 Å². The predicted octanol–water partition coefficient (Wildman–Crippen LogP) is 2.85. The van der Waals surface area contributed by atoms with Crippen molar-refractivity contribution >= 4 is 33.5 Å². The monoisotopic (exact) mass is 418 g/mol. The topological polar surface area (TPSA) is 88.7 Å². The number of aliphatic imine (C=N–C) groups is 1. The maximum Gasteiger partial charge on any atom is 0.246 e. The molecule has 0 atom stereocenters. The minimum absolute atomic E-state index is 0.0344. The zero-order valence-electron chi connectivity index (χ0n) is 14.9. The van der Waals surface area contributed by atoms with E-state index in [1.165, 1.54) is 0 Å². The van der Waals surface area contributed by atoms with Crippen molar-refractivity contribution in [3.63, 3.8) is 0 Å². The van der Waals surface area contributed by atoms with Gasteiger partial charge in [-0.3, -0.25) is 4.79 Å². The first-order chi connectivity index (χ1) is 12.5. The SMILES string of the molecule is COc1ccc(CCNC(N)=NCC(=O)Nc2cc(Br)ccc2C)cc1. The molecule has 0 bridgehead atoms. The van der Waals surface area contributed by atoms with Gasteiger partial charge in [0, 0.05) is 16.7 Å². The van der Waals surface area contributed by atoms with Crippen LogP contribution in [0.5, 0.6) is 5.75 Å². The molecule has 26 heavy (non-hydrogen) atoms. The fourth-order valence-electron chi connectivity index (χ4n) is 2.26. The van der Waals surface area contributed by atoms with E-state index in [2.05, 4.69) is 31.6 Å². The lowest BCUT2D eigenvalue weighted by atomic mass is 10.1. The van der Waals surface area contributed by atoms with Crippen LogP contribution < -0.4 is 21.1 Å². The summed E-state index contributed by atoms with van der Waals surface area (Å²) in [5, 5.41) is 5.84. The van der Waals surface area contributed by atoms with Crippen LogP contribution in [0.3, 0.4) is 0 Å². The highest BCUT2D eigenvalue weighted by Crippen LogP contribution is 2.20. The van der Waals surface area contributed by atoms with Gasteiger partial charge in [-0.1, -0.05) is 34.1 Å². The van der Waals surface area contributed by atoms with Crippen molar-refractivity contribution in [2.75, 3.05) is 25.5 Å². The van der Waals surface area contributed by atoms with Crippen LogP contribution in [-0.2, 0) is 11.2 Å².